The van der Waals surface area contributed by atoms with Gasteiger partial charge in [-0.3, -0.25) is 4.90 Å². The van der Waals surface area contributed by atoms with Gasteiger partial charge in [-0.2, -0.15) is 5.10 Å². The van der Waals surface area contributed by atoms with E-state index in [-0.39, 0.29) is 6.04 Å². The van der Waals surface area contributed by atoms with E-state index in [0.717, 1.165) is 29.9 Å². The third-order valence-corrected chi connectivity index (χ3v) is 5.50. The first kappa shape index (κ1) is 20.2. The Labute approximate surface area is 175 Å². The normalized spacial score (nSPS) is 21.4. The van der Waals surface area contributed by atoms with Gasteiger partial charge in [0, 0.05) is 5.92 Å². The van der Waals surface area contributed by atoms with Crippen LogP contribution in [0.25, 0.3) is 5.69 Å². The van der Waals surface area contributed by atoms with Crippen molar-refractivity contribution in [2.45, 2.75) is 70.7 Å². The van der Waals surface area contributed by atoms with Crippen molar-refractivity contribution in [1.29, 1.82) is 0 Å². The second kappa shape index (κ2) is 6.99. The summed E-state index contributed by atoms with van der Waals surface area (Å²) in [5, 5.41) is 4.98. The average Bonchev–Trinajstić information content (AvgIpc) is 3.24. The Balaban J connectivity index is 1.70. The number of halogens is 1. The molecule has 8 heteroatoms. The van der Waals surface area contributed by atoms with Crippen LogP contribution >= 0.6 is 11.6 Å². The second-order valence-electron chi connectivity index (χ2n) is 9.14. The van der Waals surface area contributed by atoms with Crippen molar-refractivity contribution in [2.24, 2.45) is 0 Å². The molecule has 1 aromatic carbocycles. The van der Waals surface area contributed by atoms with Crippen molar-refractivity contribution in [1.82, 2.24) is 19.7 Å². The minimum absolute atomic E-state index is 0.288. The van der Waals surface area contributed by atoms with E-state index in [1.807, 2.05) is 57.5 Å². The lowest BCUT2D eigenvalue weighted by molar-refractivity contribution is -0.0626. The van der Waals surface area contributed by atoms with Gasteiger partial charge in [0.25, 0.3) is 0 Å². The Morgan fingerprint density at radius 3 is 2.69 bits per heavy atom. The molecule has 2 fully saturated rings. The Kier molecular flexibility index (Phi) is 4.86. The third-order valence-electron chi connectivity index (χ3n) is 5.18. The van der Waals surface area contributed by atoms with Crippen molar-refractivity contribution >= 4 is 17.7 Å². The zero-order valence-electron chi connectivity index (χ0n) is 17.5. The molecule has 2 heterocycles. The van der Waals surface area contributed by atoms with Gasteiger partial charge in [0.15, 0.2) is 0 Å². The van der Waals surface area contributed by atoms with Gasteiger partial charge in [-0.15, -0.1) is 0 Å². The molecule has 0 spiro atoms. The number of hydrogen-bond donors (Lipinski definition) is 0. The highest BCUT2D eigenvalue weighted by Crippen LogP contribution is 2.42. The Morgan fingerprint density at radius 1 is 1.31 bits per heavy atom. The molecule has 2 aliphatic rings. The molecule has 1 aliphatic heterocycles. The molecule has 1 amide bonds. The second-order valence-corrected chi connectivity index (χ2v) is 9.55. The number of ether oxygens (including phenoxy) is 2. The standard InChI is InChI=1S/C21H27ClN4O3/c1-20(2,3)29-19(27)25-17(11-28-21(25,4)5)14-8-9-15(22)16(10-14)26-18(13-6-7-13)23-12-24-26/h8-10,12-13,17H,6-7,11H2,1-5H3/t17-/m1/s1. The highest BCUT2D eigenvalue weighted by atomic mass is 35.5. The van der Waals surface area contributed by atoms with Crippen LogP contribution in [0.4, 0.5) is 4.79 Å². The van der Waals surface area contributed by atoms with Crippen LogP contribution in [-0.4, -0.2) is 43.7 Å². The largest absolute Gasteiger partial charge is 0.444 e. The molecule has 1 atom stereocenters. The minimum atomic E-state index is -0.779. The molecule has 0 N–H and O–H groups in total. The van der Waals surface area contributed by atoms with Crippen molar-refractivity contribution in [3.05, 3.63) is 40.9 Å². The van der Waals surface area contributed by atoms with E-state index in [1.54, 1.807) is 11.2 Å². The highest BCUT2D eigenvalue weighted by molar-refractivity contribution is 6.32. The maximum atomic E-state index is 13.0. The van der Waals surface area contributed by atoms with Gasteiger partial charge in [0.05, 0.1) is 23.4 Å². The monoisotopic (exact) mass is 418 g/mol. The highest BCUT2D eigenvalue weighted by Gasteiger charge is 2.46. The summed E-state index contributed by atoms with van der Waals surface area (Å²) in [5.74, 6) is 1.36. The van der Waals surface area contributed by atoms with Gasteiger partial charge in [-0.1, -0.05) is 17.7 Å². The molecule has 156 valence electrons. The number of hydrogen-bond acceptors (Lipinski definition) is 5. The molecular weight excluding hydrogens is 392 g/mol. The predicted molar refractivity (Wildman–Crippen MR) is 109 cm³/mol. The number of carbonyl (C=O) groups is 1. The number of benzene rings is 1. The Hall–Kier alpha value is -2.12. The summed E-state index contributed by atoms with van der Waals surface area (Å²) in [6, 6.07) is 5.44. The van der Waals surface area contributed by atoms with Crippen LogP contribution in [0.15, 0.2) is 24.5 Å². The zero-order valence-corrected chi connectivity index (χ0v) is 18.2. The summed E-state index contributed by atoms with van der Waals surface area (Å²) < 4.78 is 13.4. The zero-order chi connectivity index (χ0) is 21.0. The molecule has 4 rings (SSSR count). The lowest BCUT2D eigenvalue weighted by Crippen LogP contribution is -2.47. The summed E-state index contributed by atoms with van der Waals surface area (Å²) in [5.41, 5.74) is 0.306. The molecule has 1 aliphatic carbocycles. The van der Waals surface area contributed by atoms with Gasteiger partial charge in [0.1, 0.15) is 23.5 Å². The van der Waals surface area contributed by atoms with Crippen LogP contribution in [0.2, 0.25) is 5.02 Å². The fourth-order valence-corrected chi connectivity index (χ4v) is 3.86. The van der Waals surface area contributed by atoms with E-state index in [4.69, 9.17) is 21.1 Å². The quantitative estimate of drug-likeness (QED) is 0.713. The van der Waals surface area contributed by atoms with Crippen LogP contribution < -0.4 is 0 Å². The van der Waals surface area contributed by atoms with E-state index < -0.39 is 17.4 Å². The fourth-order valence-electron chi connectivity index (χ4n) is 3.66. The first-order chi connectivity index (χ1) is 13.6. The van der Waals surface area contributed by atoms with E-state index in [1.165, 1.54) is 0 Å². The number of aromatic nitrogens is 3. The molecule has 2 aromatic rings. The number of rotatable bonds is 3. The predicted octanol–water partition coefficient (Wildman–Crippen LogP) is 4.84. The maximum Gasteiger partial charge on any atom is 0.413 e. The first-order valence-electron chi connectivity index (χ1n) is 9.93. The summed E-state index contributed by atoms with van der Waals surface area (Å²) >= 11 is 6.51. The van der Waals surface area contributed by atoms with Crippen molar-refractivity contribution < 1.29 is 14.3 Å². The summed E-state index contributed by atoms with van der Waals surface area (Å²) in [7, 11) is 0. The summed E-state index contributed by atoms with van der Waals surface area (Å²) in [4.78, 5) is 19.0. The molecule has 1 saturated carbocycles. The van der Waals surface area contributed by atoms with Gasteiger partial charge in [0.2, 0.25) is 0 Å². The van der Waals surface area contributed by atoms with Gasteiger partial charge < -0.3 is 9.47 Å². The topological polar surface area (TPSA) is 69.5 Å². The van der Waals surface area contributed by atoms with Crippen LogP contribution in [0.3, 0.4) is 0 Å². The first-order valence-corrected chi connectivity index (χ1v) is 10.3. The van der Waals surface area contributed by atoms with Crippen molar-refractivity contribution in [3.8, 4) is 5.69 Å². The van der Waals surface area contributed by atoms with Crippen LogP contribution in [-0.2, 0) is 9.47 Å². The minimum Gasteiger partial charge on any atom is -0.444 e. The van der Waals surface area contributed by atoms with Gasteiger partial charge in [-0.05, 0) is 65.2 Å². The van der Waals surface area contributed by atoms with Crippen LogP contribution in [0, 0.1) is 0 Å². The van der Waals surface area contributed by atoms with Gasteiger partial charge in [-0.25, -0.2) is 14.5 Å². The third kappa shape index (κ3) is 3.98. The van der Waals surface area contributed by atoms with Crippen molar-refractivity contribution in [3.63, 3.8) is 0 Å². The summed E-state index contributed by atoms with van der Waals surface area (Å²) in [6.07, 6.45) is 3.40. The van der Waals surface area contributed by atoms with Crippen molar-refractivity contribution in [2.75, 3.05) is 6.61 Å². The molecular formula is C21H27ClN4O3. The van der Waals surface area contributed by atoms with Gasteiger partial charge >= 0.3 is 6.09 Å². The molecule has 0 unspecified atom stereocenters. The molecule has 0 radical (unpaired) electrons. The summed E-state index contributed by atoms with van der Waals surface area (Å²) in [6.45, 7) is 9.68. The average molecular weight is 419 g/mol. The molecule has 7 nitrogen and oxygen atoms in total. The lowest BCUT2D eigenvalue weighted by atomic mass is 10.0. The van der Waals surface area contributed by atoms with E-state index in [9.17, 15) is 4.79 Å². The molecule has 29 heavy (non-hydrogen) atoms. The molecule has 1 saturated heterocycles. The van der Waals surface area contributed by atoms with Crippen LogP contribution in [0.5, 0.6) is 0 Å². The van der Waals surface area contributed by atoms with E-state index in [2.05, 4.69) is 10.1 Å². The smallest absolute Gasteiger partial charge is 0.413 e. The lowest BCUT2D eigenvalue weighted by Gasteiger charge is -2.35. The van der Waals surface area contributed by atoms with Crippen LogP contribution in [0.1, 0.15) is 70.8 Å². The number of carbonyl (C=O) groups excluding carboxylic acids is 1. The molecule has 0 bridgehead atoms. The Morgan fingerprint density at radius 2 is 2.03 bits per heavy atom. The van der Waals surface area contributed by atoms with E-state index >= 15 is 0 Å². The molecule has 1 aromatic heterocycles. The van der Waals surface area contributed by atoms with E-state index in [0.29, 0.717) is 17.5 Å². The number of amides is 1. The Bertz CT molecular complexity index is 930. The maximum absolute atomic E-state index is 13.0. The SMILES string of the molecule is CC(C)(C)OC(=O)N1[C@@H](c2ccc(Cl)c(-n3ncnc3C3CC3)c2)COC1(C)C. The fraction of sp³-hybridized carbons (Fsp3) is 0.571. The number of nitrogens with zero attached hydrogens (tertiary/aromatic N) is 4.